The monoisotopic (exact) mass is 868 g/mol. The summed E-state index contributed by atoms with van der Waals surface area (Å²) in [6.07, 6.45) is 0. The Labute approximate surface area is 394 Å². The molecule has 3 aliphatic rings. The number of aromatic nitrogens is 1. The number of benzene rings is 10. The fourth-order valence-electron chi connectivity index (χ4n) is 12.8. The molecule has 0 fully saturated rings. The molecule has 15 rings (SSSR count). The second kappa shape index (κ2) is 13.4. The highest BCUT2D eigenvalue weighted by atomic mass is 16.3. The van der Waals surface area contributed by atoms with Gasteiger partial charge in [-0.15, -0.1) is 0 Å². The molecule has 1 atom stereocenters. The zero-order valence-electron chi connectivity index (χ0n) is 38.0. The van der Waals surface area contributed by atoms with Crippen molar-refractivity contribution in [3.8, 4) is 50.2 Å². The molecule has 10 aromatic carbocycles. The Morgan fingerprint density at radius 3 is 1.88 bits per heavy atom. The fraction of sp³-hybridized carbons (Fsp3) is 0.0769. The van der Waals surface area contributed by atoms with Crippen molar-refractivity contribution >= 4 is 60.8 Å². The van der Waals surface area contributed by atoms with Gasteiger partial charge in [0.2, 0.25) is 0 Å². The minimum absolute atomic E-state index is 0.0885. The molecule has 0 saturated heterocycles. The van der Waals surface area contributed by atoms with Crippen molar-refractivity contribution in [3.05, 3.63) is 240 Å². The van der Waals surface area contributed by atoms with Gasteiger partial charge in [-0.2, -0.15) is 0 Å². The van der Waals surface area contributed by atoms with E-state index in [0.29, 0.717) is 0 Å². The number of anilines is 3. The molecule has 0 radical (unpaired) electrons. The van der Waals surface area contributed by atoms with E-state index >= 15 is 0 Å². The van der Waals surface area contributed by atoms with Crippen LogP contribution in [0.15, 0.2) is 217 Å². The van der Waals surface area contributed by atoms with Gasteiger partial charge in [-0.05, 0) is 158 Å². The van der Waals surface area contributed by atoms with Gasteiger partial charge < -0.3 is 13.9 Å². The van der Waals surface area contributed by atoms with Crippen LogP contribution in [0.1, 0.15) is 48.6 Å². The van der Waals surface area contributed by atoms with Crippen LogP contribution in [0.25, 0.3) is 93.9 Å². The van der Waals surface area contributed by atoms with Crippen LogP contribution in [0.4, 0.5) is 17.1 Å². The lowest BCUT2D eigenvalue weighted by molar-refractivity contribution is 0.661. The molecule has 3 heteroatoms. The second-order valence-electron chi connectivity index (χ2n) is 19.7. The van der Waals surface area contributed by atoms with Gasteiger partial charge in [0, 0.05) is 43.7 Å². The summed E-state index contributed by atoms with van der Waals surface area (Å²) in [4.78, 5) is 2.50. The maximum Gasteiger partial charge on any atom is 0.136 e. The zero-order chi connectivity index (χ0) is 45.0. The van der Waals surface area contributed by atoms with Crippen LogP contribution in [0.5, 0.6) is 0 Å². The first-order valence-electron chi connectivity index (χ1n) is 23.8. The molecule has 3 heterocycles. The van der Waals surface area contributed by atoms with E-state index in [1.165, 1.54) is 111 Å². The summed E-state index contributed by atoms with van der Waals surface area (Å²) in [5.41, 5.74) is 25.4. The minimum Gasteiger partial charge on any atom is -0.456 e. The summed E-state index contributed by atoms with van der Waals surface area (Å²) < 4.78 is 8.85. The third-order valence-corrected chi connectivity index (χ3v) is 16.0. The van der Waals surface area contributed by atoms with Crippen molar-refractivity contribution in [2.75, 3.05) is 4.90 Å². The molecule has 0 N–H and O–H groups in total. The molecule has 1 unspecified atom stereocenters. The lowest BCUT2D eigenvalue weighted by Crippen LogP contribution is -2.32. The van der Waals surface area contributed by atoms with Crippen molar-refractivity contribution in [2.24, 2.45) is 0 Å². The standard InChI is InChI=1S/C65H44N2O/c1-64(2)52-22-10-7-18-46(52)49-37-51-50-35-40(29-33-56(50)66(59(51)38-54(49)64)42-15-5-4-6-16-42)39-27-31-43(32-28-39)67-57-34-30-41(44-20-14-26-61-62(44)48-19-9-12-25-60(48)68-61)36-55(57)65(3)53-23-11-8-17-45(53)47-21-13-24-58(67)63(47)65/h4-38H,1-3H3. The average molecular weight is 869 g/mol. The predicted octanol–water partition coefficient (Wildman–Crippen LogP) is 17.4. The topological polar surface area (TPSA) is 21.3 Å². The Balaban J connectivity index is 0.894. The maximum atomic E-state index is 6.39. The van der Waals surface area contributed by atoms with Crippen LogP contribution in [-0.4, -0.2) is 4.57 Å². The molecule has 0 spiro atoms. The molecule has 2 aromatic heterocycles. The Morgan fingerprint density at radius 1 is 0.368 bits per heavy atom. The molecule has 0 amide bonds. The van der Waals surface area contributed by atoms with Crippen molar-refractivity contribution in [3.63, 3.8) is 0 Å². The van der Waals surface area contributed by atoms with E-state index in [4.69, 9.17) is 4.42 Å². The number of fused-ring (bicyclic) bond motifs is 14. The van der Waals surface area contributed by atoms with E-state index in [0.717, 1.165) is 27.6 Å². The third-order valence-electron chi connectivity index (χ3n) is 16.0. The van der Waals surface area contributed by atoms with E-state index in [-0.39, 0.29) is 10.8 Å². The predicted molar refractivity (Wildman–Crippen MR) is 282 cm³/mol. The normalized spacial score (nSPS) is 16.0. The molecule has 3 nitrogen and oxygen atoms in total. The first-order chi connectivity index (χ1) is 33.4. The van der Waals surface area contributed by atoms with Crippen molar-refractivity contribution in [1.29, 1.82) is 0 Å². The number of para-hydroxylation sites is 2. The number of nitrogens with zero attached hydrogens (tertiary/aromatic N) is 2. The second-order valence-corrected chi connectivity index (χ2v) is 19.7. The highest BCUT2D eigenvalue weighted by Crippen LogP contribution is 2.63. The molecule has 68 heavy (non-hydrogen) atoms. The van der Waals surface area contributed by atoms with E-state index in [9.17, 15) is 0 Å². The highest BCUT2D eigenvalue weighted by Gasteiger charge is 2.48. The molecular formula is C65H44N2O. The van der Waals surface area contributed by atoms with Crippen LogP contribution < -0.4 is 4.90 Å². The molecule has 12 aromatic rings. The van der Waals surface area contributed by atoms with Crippen molar-refractivity contribution < 1.29 is 4.42 Å². The molecule has 320 valence electrons. The van der Waals surface area contributed by atoms with E-state index in [1.54, 1.807) is 0 Å². The van der Waals surface area contributed by atoms with Crippen molar-refractivity contribution in [2.45, 2.75) is 31.6 Å². The number of rotatable bonds is 4. The van der Waals surface area contributed by atoms with Crippen LogP contribution in [-0.2, 0) is 10.8 Å². The largest absolute Gasteiger partial charge is 0.456 e. The van der Waals surface area contributed by atoms with Gasteiger partial charge in [0.05, 0.1) is 22.4 Å². The minimum atomic E-state index is -0.358. The van der Waals surface area contributed by atoms with Gasteiger partial charge in [-0.1, -0.05) is 147 Å². The lowest BCUT2D eigenvalue weighted by atomic mass is 9.70. The summed E-state index contributed by atoms with van der Waals surface area (Å²) in [7, 11) is 0. The van der Waals surface area contributed by atoms with Gasteiger partial charge >= 0.3 is 0 Å². The molecule has 0 saturated carbocycles. The molecule has 2 aliphatic carbocycles. The Morgan fingerprint density at radius 2 is 1.03 bits per heavy atom. The van der Waals surface area contributed by atoms with Gasteiger partial charge in [0.1, 0.15) is 11.2 Å². The fourth-order valence-corrected chi connectivity index (χ4v) is 12.8. The molecule has 0 bridgehead atoms. The summed E-state index contributed by atoms with van der Waals surface area (Å²) in [5, 5.41) is 4.83. The average Bonchev–Trinajstić information content (AvgIpc) is 4.08. The Hall–Kier alpha value is -8.40. The van der Waals surface area contributed by atoms with Crippen LogP contribution in [0, 0.1) is 0 Å². The summed E-state index contributed by atoms with van der Waals surface area (Å²) >= 11 is 0. The van der Waals surface area contributed by atoms with Gasteiger partial charge in [-0.25, -0.2) is 0 Å². The van der Waals surface area contributed by atoms with Crippen LogP contribution in [0.3, 0.4) is 0 Å². The maximum absolute atomic E-state index is 6.39. The number of furan rings is 1. The summed E-state index contributed by atoms with van der Waals surface area (Å²) in [5.74, 6) is 0. The summed E-state index contributed by atoms with van der Waals surface area (Å²) in [6.45, 7) is 7.18. The van der Waals surface area contributed by atoms with E-state index in [2.05, 4.69) is 236 Å². The van der Waals surface area contributed by atoms with Crippen molar-refractivity contribution in [1.82, 2.24) is 4.57 Å². The molecular weight excluding hydrogens is 825 g/mol. The first-order valence-corrected chi connectivity index (χ1v) is 23.8. The Bertz CT molecular complexity index is 4130. The lowest BCUT2D eigenvalue weighted by Gasteiger charge is -2.42. The quantitative estimate of drug-likeness (QED) is 0.176. The van der Waals surface area contributed by atoms with Gasteiger partial charge in [0.15, 0.2) is 0 Å². The number of hydrogen-bond acceptors (Lipinski definition) is 2. The first kappa shape index (κ1) is 37.8. The summed E-state index contributed by atoms with van der Waals surface area (Å²) in [6, 6.07) is 78.9. The zero-order valence-corrected chi connectivity index (χ0v) is 38.0. The smallest absolute Gasteiger partial charge is 0.136 e. The van der Waals surface area contributed by atoms with Crippen LogP contribution >= 0.6 is 0 Å². The molecule has 1 aliphatic heterocycles. The Kier molecular flexibility index (Phi) is 7.43. The number of hydrogen-bond donors (Lipinski definition) is 0. The highest BCUT2D eigenvalue weighted by molar-refractivity contribution is 6.14. The SMILES string of the molecule is CC1(C)c2ccccc2-c2cc3c4cc(-c5ccc(N6c7ccc(-c8cccc9oc%10ccccc%10c89)cc7C7(C)c8ccccc8-c8cccc6c87)cc5)ccc4n(-c4ccccc4)c3cc21. The third kappa shape index (κ3) is 4.87. The van der Waals surface area contributed by atoms with Gasteiger partial charge in [-0.3, -0.25) is 0 Å². The van der Waals surface area contributed by atoms with Crippen LogP contribution in [0.2, 0.25) is 0 Å². The van der Waals surface area contributed by atoms with E-state index < -0.39 is 0 Å². The van der Waals surface area contributed by atoms with Gasteiger partial charge in [0.25, 0.3) is 0 Å². The van der Waals surface area contributed by atoms with E-state index in [1.807, 2.05) is 6.07 Å².